The van der Waals surface area contributed by atoms with Crippen molar-refractivity contribution in [1.29, 1.82) is 0 Å². The molecule has 0 atom stereocenters. The van der Waals surface area contributed by atoms with E-state index in [1.807, 2.05) is 45.0 Å². The Morgan fingerprint density at radius 1 is 1.13 bits per heavy atom. The van der Waals surface area contributed by atoms with Crippen LogP contribution >= 0.6 is 12.4 Å². The Morgan fingerprint density at radius 3 is 2.00 bits per heavy atom. The lowest BCUT2D eigenvalue weighted by atomic mass is 10.1. The second kappa shape index (κ2) is 5.17. The van der Waals surface area contributed by atoms with Crippen LogP contribution < -0.4 is 5.73 Å². The fourth-order valence-corrected chi connectivity index (χ4v) is 1.15. The highest BCUT2D eigenvalue weighted by Crippen LogP contribution is 2.09. The molecule has 0 amide bonds. The van der Waals surface area contributed by atoms with Gasteiger partial charge in [-0.1, -0.05) is 29.8 Å². The van der Waals surface area contributed by atoms with Gasteiger partial charge in [0.25, 0.3) is 0 Å². The summed E-state index contributed by atoms with van der Waals surface area (Å²) in [4.78, 5) is 4.40. The summed E-state index contributed by atoms with van der Waals surface area (Å²) in [5.41, 5.74) is 7.99. The summed E-state index contributed by atoms with van der Waals surface area (Å²) in [6.45, 7) is 8.16. The van der Waals surface area contributed by atoms with Crippen molar-refractivity contribution in [3.8, 4) is 0 Å². The first-order chi connectivity index (χ1) is 6.38. The smallest absolute Gasteiger partial charge is 0.126 e. The molecule has 0 aromatic heterocycles. The maximum Gasteiger partial charge on any atom is 0.126 e. The summed E-state index contributed by atoms with van der Waals surface area (Å²) in [7, 11) is 0. The monoisotopic (exact) mass is 226 g/mol. The maximum absolute atomic E-state index is 5.88. The van der Waals surface area contributed by atoms with E-state index in [0.29, 0.717) is 5.84 Å². The molecule has 15 heavy (non-hydrogen) atoms. The number of rotatable bonds is 1. The summed E-state index contributed by atoms with van der Waals surface area (Å²) < 4.78 is 0. The van der Waals surface area contributed by atoms with Crippen LogP contribution in [0.3, 0.4) is 0 Å². The molecule has 84 valence electrons. The molecule has 0 fully saturated rings. The van der Waals surface area contributed by atoms with Gasteiger partial charge in [0.05, 0.1) is 5.54 Å². The number of nitrogens with two attached hydrogens (primary N) is 1. The Labute approximate surface area is 98.0 Å². The third-order valence-corrected chi connectivity index (χ3v) is 1.80. The SMILES string of the molecule is Cc1ccc(C(N)=NC(C)(C)C)cc1.Cl. The van der Waals surface area contributed by atoms with Gasteiger partial charge in [0.1, 0.15) is 5.84 Å². The van der Waals surface area contributed by atoms with E-state index in [9.17, 15) is 0 Å². The van der Waals surface area contributed by atoms with Crippen LogP contribution in [0.1, 0.15) is 31.9 Å². The highest BCUT2D eigenvalue weighted by molar-refractivity contribution is 5.97. The van der Waals surface area contributed by atoms with Gasteiger partial charge in [0, 0.05) is 5.56 Å². The van der Waals surface area contributed by atoms with Gasteiger partial charge in [-0.3, -0.25) is 4.99 Å². The second-order valence-electron chi connectivity index (χ2n) is 4.53. The molecule has 0 saturated heterocycles. The van der Waals surface area contributed by atoms with Crippen LogP contribution in [0.5, 0.6) is 0 Å². The minimum Gasteiger partial charge on any atom is -0.383 e. The van der Waals surface area contributed by atoms with Crippen LogP contribution in [0.15, 0.2) is 29.3 Å². The summed E-state index contributed by atoms with van der Waals surface area (Å²) in [6, 6.07) is 8.08. The molecule has 1 rings (SSSR count). The first-order valence-corrected chi connectivity index (χ1v) is 4.81. The number of amidine groups is 1. The Morgan fingerprint density at radius 2 is 1.60 bits per heavy atom. The van der Waals surface area contributed by atoms with Crippen molar-refractivity contribution in [3.05, 3.63) is 35.4 Å². The van der Waals surface area contributed by atoms with Gasteiger partial charge in [-0.05, 0) is 27.7 Å². The Kier molecular flexibility index (Phi) is 4.82. The van der Waals surface area contributed by atoms with Crippen molar-refractivity contribution in [2.24, 2.45) is 10.7 Å². The van der Waals surface area contributed by atoms with Crippen molar-refractivity contribution < 1.29 is 0 Å². The van der Waals surface area contributed by atoms with E-state index in [4.69, 9.17) is 5.73 Å². The second-order valence-corrected chi connectivity index (χ2v) is 4.53. The highest BCUT2D eigenvalue weighted by Gasteiger charge is 2.08. The van der Waals surface area contributed by atoms with Gasteiger partial charge in [0.2, 0.25) is 0 Å². The predicted molar refractivity (Wildman–Crippen MR) is 68.9 cm³/mol. The summed E-state index contributed by atoms with van der Waals surface area (Å²) in [5.74, 6) is 0.609. The Hall–Kier alpha value is -1.02. The van der Waals surface area contributed by atoms with Crippen molar-refractivity contribution in [2.75, 3.05) is 0 Å². The molecular weight excluding hydrogens is 208 g/mol. The summed E-state index contributed by atoms with van der Waals surface area (Å²) >= 11 is 0. The molecule has 3 heteroatoms. The number of hydrogen-bond donors (Lipinski definition) is 1. The third kappa shape index (κ3) is 4.84. The van der Waals surface area contributed by atoms with Crippen LogP contribution in [0.4, 0.5) is 0 Å². The molecule has 0 aliphatic carbocycles. The van der Waals surface area contributed by atoms with E-state index in [0.717, 1.165) is 5.56 Å². The van der Waals surface area contributed by atoms with Crippen LogP contribution in [-0.2, 0) is 0 Å². The van der Waals surface area contributed by atoms with E-state index in [1.165, 1.54) is 5.56 Å². The molecule has 0 bridgehead atoms. The molecule has 2 nitrogen and oxygen atoms in total. The standard InChI is InChI=1S/C12H18N2.ClH/c1-9-5-7-10(8-6-9)11(13)14-12(2,3)4;/h5-8H,1-4H3,(H2,13,14);1H. The minimum atomic E-state index is -0.116. The van der Waals surface area contributed by atoms with Crippen molar-refractivity contribution in [3.63, 3.8) is 0 Å². The molecule has 0 saturated carbocycles. The lowest BCUT2D eigenvalue weighted by molar-refractivity contribution is 0.583. The topological polar surface area (TPSA) is 38.4 Å². The van der Waals surface area contributed by atoms with Crippen LogP contribution in [-0.4, -0.2) is 11.4 Å². The number of benzene rings is 1. The first kappa shape index (κ1) is 14.0. The van der Waals surface area contributed by atoms with Gasteiger partial charge in [-0.15, -0.1) is 12.4 Å². The number of halogens is 1. The number of aliphatic imine (C=N–C) groups is 1. The maximum atomic E-state index is 5.88. The average molecular weight is 227 g/mol. The molecule has 0 aliphatic rings. The van der Waals surface area contributed by atoms with E-state index < -0.39 is 0 Å². The zero-order valence-corrected chi connectivity index (χ0v) is 10.6. The van der Waals surface area contributed by atoms with Gasteiger partial charge in [-0.25, -0.2) is 0 Å². The molecule has 0 spiro atoms. The minimum absolute atomic E-state index is 0. The van der Waals surface area contributed by atoms with E-state index in [2.05, 4.69) is 11.9 Å². The summed E-state index contributed by atoms with van der Waals surface area (Å²) in [5, 5.41) is 0. The number of nitrogens with zero attached hydrogens (tertiary/aromatic N) is 1. The first-order valence-electron chi connectivity index (χ1n) is 4.81. The molecule has 1 aromatic rings. The fourth-order valence-electron chi connectivity index (χ4n) is 1.15. The largest absolute Gasteiger partial charge is 0.383 e. The van der Waals surface area contributed by atoms with Crippen molar-refractivity contribution >= 4 is 18.2 Å². The molecule has 1 aromatic carbocycles. The number of hydrogen-bond acceptors (Lipinski definition) is 1. The summed E-state index contributed by atoms with van der Waals surface area (Å²) in [6.07, 6.45) is 0. The van der Waals surface area contributed by atoms with E-state index in [-0.39, 0.29) is 17.9 Å². The molecular formula is C12H19ClN2. The zero-order valence-electron chi connectivity index (χ0n) is 9.74. The van der Waals surface area contributed by atoms with Crippen LogP contribution in [0.25, 0.3) is 0 Å². The normalized spacial score (nSPS) is 12.1. The predicted octanol–water partition coefficient (Wildman–Crippen LogP) is 2.92. The lowest BCUT2D eigenvalue weighted by Crippen LogP contribution is -2.21. The van der Waals surface area contributed by atoms with Crippen LogP contribution in [0, 0.1) is 6.92 Å². The molecule has 0 unspecified atom stereocenters. The fraction of sp³-hybridized carbons (Fsp3) is 0.417. The molecule has 0 heterocycles. The van der Waals surface area contributed by atoms with Gasteiger partial charge in [-0.2, -0.15) is 0 Å². The molecule has 0 radical (unpaired) electrons. The lowest BCUT2D eigenvalue weighted by Gasteiger charge is -2.13. The van der Waals surface area contributed by atoms with Gasteiger partial charge < -0.3 is 5.73 Å². The van der Waals surface area contributed by atoms with Crippen molar-refractivity contribution in [1.82, 2.24) is 0 Å². The van der Waals surface area contributed by atoms with E-state index in [1.54, 1.807) is 0 Å². The Balaban J connectivity index is 0.00000196. The van der Waals surface area contributed by atoms with E-state index >= 15 is 0 Å². The Bertz CT molecular complexity index is 334. The van der Waals surface area contributed by atoms with Gasteiger partial charge in [0.15, 0.2) is 0 Å². The molecule has 0 aliphatic heterocycles. The molecule has 2 N–H and O–H groups in total. The van der Waals surface area contributed by atoms with Gasteiger partial charge >= 0.3 is 0 Å². The van der Waals surface area contributed by atoms with Crippen LogP contribution in [0.2, 0.25) is 0 Å². The van der Waals surface area contributed by atoms with Crippen molar-refractivity contribution in [2.45, 2.75) is 33.2 Å². The highest BCUT2D eigenvalue weighted by atomic mass is 35.5. The average Bonchev–Trinajstić information content (AvgIpc) is 2.02. The quantitative estimate of drug-likeness (QED) is 0.581. The number of aryl methyl sites for hydroxylation is 1. The zero-order chi connectivity index (χ0) is 10.8. The third-order valence-electron chi connectivity index (χ3n) is 1.80.